The third-order valence-corrected chi connectivity index (χ3v) is 5.22. The molecule has 0 bridgehead atoms. The van der Waals surface area contributed by atoms with Crippen LogP contribution in [0.15, 0.2) is 0 Å². The van der Waals surface area contributed by atoms with Gasteiger partial charge in [-0.15, -0.1) is 0 Å². The van der Waals surface area contributed by atoms with Crippen LogP contribution in [0.1, 0.15) is 41.5 Å². The number of nitrogens with zero attached hydrogens (tertiary/aromatic N) is 1. The van der Waals surface area contributed by atoms with Gasteiger partial charge in [0.2, 0.25) is 10.0 Å². The largest absolute Gasteiger partial charge is 0.219 e. The van der Waals surface area contributed by atoms with E-state index in [0.29, 0.717) is 6.54 Å². The summed E-state index contributed by atoms with van der Waals surface area (Å²) in [7, 11) is -3.10. The van der Waals surface area contributed by atoms with E-state index in [2.05, 4.69) is 20.8 Å². The van der Waals surface area contributed by atoms with Crippen molar-refractivity contribution in [2.75, 3.05) is 6.54 Å². The molecule has 14 heavy (non-hydrogen) atoms. The Morgan fingerprint density at radius 1 is 1.07 bits per heavy atom. The molecule has 0 aromatic heterocycles. The molecule has 0 radical (unpaired) electrons. The molecule has 0 N–H and O–H groups in total. The van der Waals surface area contributed by atoms with E-state index in [0.717, 1.165) is 0 Å². The summed E-state index contributed by atoms with van der Waals surface area (Å²) in [6.07, 6.45) is 0. The zero-order valence-electron chi connectivity index (χ0n) is 9.96. The number of hydrogen-bond acceptors (Lipinski definition) is 2. The Bertz CT molecular complexity index is 319. The van der Waals surface area contributed by atoms with Crippen LogP contribution in [0.4, 0.5) is 0 Å². The first-order chi connectivity index (χ1) is 5.98. The van der Waals surface area contributed by atoms with E-state index in [1.807, 2.05) is 0 Å². The van der Waals surface area contributed by atoms with E-state index >= 15 is 0 Å². The summed E-state index contributed by atoms with van der Waals surface area (Å²) in [4.78, 5) is 0. The van der Waals surface area contributed by atoms with Gasteiger partial charge in [-0.05, 0) is 26.2 Å². The minimum absolute atomic E-state index is 0.0539. The molecule has 1 heterocycles. The highest BCUT2D eigenvalue weighted by atomic mass is 32.2. The molecule has 1 unspecified atom stereocenters. The Labute approximate surface area is 87.5 Å². The molecule has 3 nitrogen and oxygen atoms in total. The van der Waals surface area contributed by atoms with E-state index in [1.165, 1.54) is 0 Å². The Morgan fingerprint density at radius 2 is 1.50 bits per heavy atom. The molecular weight excluding hydrogens is 198 g/mol. The van der Waals surface area contributed by atoms with Gasteiger partial charge >= 0.3 is 0 Å². The van der Waals surface area contributed by atoms with Gasteiger partial charge in [0.1, 0.15) is 0 Å². The van der Waals surface area contributed by atoms with Gasteiger partial charge in [-0.3, -0.25) is 0 Å². The third-order valence-electron chi connectivity index (χ3n) is 2.65. The lowest BCUT2D eigenvalue weighted by molar-refractivity contribution is 0.367. The fourth-order valence-electron chi connectivity index (χ4n) is 1.45. The fourth-order valence-corrected chi connectivity index (χ4v) is 3.14. The van der Waals surface area contributed by atoms with Crippen molar-refractivity contribution < 1.29 is 8.42 Å². The Balaban J connectivity index is 2.84. The monoisotopic (exact) mass is 219 g/mol. The van der Waals surface area contributed by atoms with Crippen molar-refractivity contribution in [1.82, 2.24) is 4.31 Å². The maximum absolute atomic E-state index is 12.0. The van der Waals surface area contributed by atoms with Crippen molar-refractivity contribution in [3.63, 3.8) is 0 Å². The Morgan fingerprint density at radius 3 is 1.71 bits per heavy atom. The summed E-state index contributed by atoms with van der Waals surface area (Å²) in [5, 5.41) is 0. The molecule has 1 aliphatic rings. The molecule has 2 atom stereocenters. The van der Waals surface area contributed by atoms with Crippen LogP contribution in [-0.2, 0) is 10.0 Å². The highest BCUT2D eigenvalue weighted by molar-refractivity contribution is 7.90. The van der Waals surface area contributed by atoms with Crippen molar-refractivity contribution in [2.45, 2.75) is 52.3 Å². The Kier molecular flexibility index (Phi) is 2.53. The van der Waals surface area contributed by atoms with Crippen LogP contribution in [0.2, 0.25) is 0 Å². The molecule has 4 heteroatoms. The molecular formula is C10H21NO2S. The second kappa shape index (κ2) is 2.95. The lowest BCUT2D eigenvalue weighted by Crippen LogP contribution is -2.36. The van der Waals surface area contributed by atoms with Gasteiger partial charge in [0.05, 0.1) is 4.75 Å². The van der Waals surface area contributed by atoms with Crippen molar-refractivity contribution in [1.29, 1.82) is 0 Å². The number of rotatable bonds is 1. The van der Waals surface area contributed by atoms with Crippen LogP contribution in [0.25, 0.3) is 0 Å². The minimum Gasteiger partial charge on any atom is -0.212 e. The zero-order valence-corrected chi connectivity index (χ0v) is 10.8. The normalized spacial score (nSPS) is 29.0. The SMILES string of the molecule is CC(C)(C)[C@@H]1CN1S(=O)(=O)C(C)(C)C. The van der Waals surface area contributed by atoms with Crippen LogP contribution in [0, 0.1) is 5.41 Å². The quantitative estimate of drug-likeness (QED) is 0.631. The highest BCUT2D eigenvalue weighted by Gasteiger charge is 2.53. The molecule has 0 spiro atoms. The standard InChI is InChI=1S/C10H21NO2S/c1-9(2,3)8-7-11(8)14(12,13)10(4,5)6/h8H,7H2,1-6H3/t8-,11?/m0/s1. The minimum atomic E-state index is -3.10. The smallest absolute Gasteiger partial charge is 0.212 e. The maximum Gasteiger partial charge on any atom is 0.219 e. The van der Waals surface area contributed by atoms with Crippen LogP contribution < -0.4 is 0 Å². The predicted octanol–water partition coefficient (Wildman–Crippen LogP) is 1.85. The topological polar surface area (TPSA) is 37.1 Å². The molecule has 1 saturated heterocycles. The van der Waals surface area contributed by atoms with Gasteiger partial charge in [-0.25, -0.2) is 8.42 Å². The first kappa shape index (κ1) is 12.0. The second-order valence-corrected chi connectivity index (χ2v) is 8.71. The third kappa shape index (κ3) is 1.96. The summed E-state index contributed by atoms with van der Waals surface area (Å²) in [6.45, 7) is 12.2. The van der Waals surface area contributed by atoms with Crippen LogP contribution in [0.5, 0.6) is 0 Å². The van der Waals surface area contributed by atoms with Crippen molar-refractivity contribution >= 4 is 10.0 Å². The van der Waals surface area contributed by atoms with E-state index in [4.69, 9.17) is 0 Å². The predicted molar refractivity (Wildman–Crippen MR) is 58.6 cm³/mol. The average Bonchev–Trinajstić information content (AvgIpc) is 2.57. The van der Waals surface area contributed by atoms with E-state index < -0.39 is 14.8 Å². The van der Waals surface area contributed by atoms with Crippen LogP contribution >= 0.6 is 0 Å². The molecule has 1 rings (SSSR count). The van der Waals surface area contributed by atoms with Crippen LogP contribution in [0.3, 0.4) is 0 Å². The molecule has 1 fully saturated rings. The zero-order chi connectivity index (χ0) is 11.4. The van der Waals surface area contributed by atoms with Gasteiger partial charge in [0, 0.05) is 12.6 Å². The average molecular weight is 219 g/mol. The van der Waals surface area contributed by atoms with Crippen molar-refractivity contribution in [2.24, 2.45) is 5.41 Å². The number of sulfonamides is 1. The summed E-state index contributed by atoms with van der Waals surface area (Å²) in [5.74, 6) is 0. The summed E-state index contributed by atoms with van der Waals surface area (Å²) >= 11 is 0. The van der Waals surface area contributed by atoms with Gasteiger partial charge in [-0.2, -0.15) is 4.31 Å². The summed E-state index contributed by atoms with van der Waals surface area (Å²) < 4.78 is 24.9. The first-order valence-corrected chi connectivity index (χ1v) is 6.43. The van der Waals surface area contributed by atoms with Crippen LogP contribution in [-0.4, -0.2) is 30.1 Å². The van der Waals surface area contributed by atoms with E-state index in [1.54, 1.807) is 25.1 Å². The molecule has 0 aromatic rings. The molecule has 0 aromatic carbocycles. The van der Waals surface area contributed by atoms with Gasteiger partial charge in [0.25, 0.3) is 0 Å². The van der Waals surface area contributed by atoms with E-state index in [-0.39, 0.29) is 11.5 Å². The van der Waals surface area contributed by atoms with Gasteiger partial charge in [-0.1, -0.05) is 20.8 Å². The highest BCUT2D eigenvalue weighted by Crippen LogP contribution is 2.40. The lowest BCUT2D eigenvalue weighted by atomic mass is 9.92. The molecule has 0 saturated carbocycles. The molecule has 84 valence electrons. The van der Waals surface area contributed by atoms with Gasteiger partial charge in [0.15, 0.2) is 0 Å². The molecule has 0 amide bonds. The second-order valence-electron chi connectivity index (χ2n) is 6.07. The lowest BCUT2D eigenvalue weighted by Gasteiger charge is -2.23. The van der Waals surface area contributed by atoms with Crippen molar-refractivity contribution in [3.05, 3.63) is 0 Å². The first-order valence-electron chi connectivity index (χ1n) is 4.99. The fraction of sp³-hybridized carbons (Fsp3) is 1.00. The molecule has 0 aliphatic carbocycles. The summed E-state index contributed by atoms with van der Waals surface area (Å²) in [5.41, 5.74) is 0.0539. The molecule has 1 aliphatic heterocycles. The maximum atomic E-state index is 12.0. The van der Waals surface area contributed by atoms with Crippen molar-refractivity contribution in [3.8, 4) is 0 Å². The van der Waals surface area contributed by atoms with Gasteiger partial charge < -0.3 is 0 Å². The van der Waals surface area contributed by atoms with E-state index in [9.17, 15) is 8.42 Å². The number of hydrogen-bond donors (Lipinski definition) is 0. The Hall–Kier alpha value is -0.0900. The summed E-state index contributed by atoms with van der Waals surface area (Å²) in [6, 6.07) is 0.187.